The zero-order chi connectivity index (χ0) is 25.9. The molecule has 0 aliphatic rings. The van der Waals surface area contributed by atoms with Crippen LogP contribution in [0.1, 0.15) is 35.4 Å². The topological polar surface area (TPSA) is 125 Å². The van der Waals surface area contributed by atoms with Gasteiger partial charge < -0.3 is 21.7 Å². The van der Waals surface area contributed by atoms with Crippen molar-refractivity contribution in [2.45, 2.75) is 31.2 Å². The molecule has 0 aliphatic carbocycles. The monoisotopic (exact) mass is 549 g/mol. The molecule has 0 fully saturated rings. The second kappa shape index (κ2) is 13.4. The summed E-state index contributed by atoms with van der Waals surface area (Å²) in [5, 5.41) is 10.1. The lowest BCUT2D eigenvalue weighted by molar-refractivity contribution is -0.140. The van der Waals surface area contributed by atoms with Gasteiger partial charge in [-0.3, -0.25) is 15.0 Å². The van der Waals surface area contributed by atoms with Gasteiger partial charge in [0.2, 0.25) is 11.8 Å². The van der Waals surface area contributed by atoms with Crippen molar-refractivity contribution in [1.29, 1.82) is 5.41 Å². The van der Waals surface area contributed by atoms with Gasteiger partial charge in [-0.1, -0.05) is 88.7 Å². The van der Waals surface area contributed by atoms with E-state index in [2.05, 4.69) is 21.2 Å². The second-order valence-corrected chi connectivity index (χ2v) is 9.48. The summed E-state index contributed by atoms with van der Waals surface area (Å²) in [6.07, 6.45) is 1.46. The van der Waals surface area contributed by atoms with Gasteiger partial charge in [-0.25, -0.2) is 0 Å². The van der Waals surface area contributed by atoms with Gasteiger partial charge in [-0.05, 0) is 48.1 Å². The van der Waals surface area contributed by atoms with Crippen LogP contribution in [0.25, 0.3) is 0 Å². The van der Waals surface area contributed by atoms with Gasteiger partial charge in [0.25, 0.3) is 0 Å². The van der Waals surface area contributed by atoms with Crippen molar-refractivity contribution < 1.29 is 9.59 Å². The SMILES string of the molecule is N=C(N)NCCC[C@H](C(N)=O)N(CCc1ccc(Br)cc1)C(=O)C(c1ccccc1)c1ccccc1. The number of amides is 2. The Balaban J connectivity index is 1.95. The fraction of sp³-hybridized carbons (Fsp3) is 0.250. The van der Waals surface area contributed by atoms with Crippen LogP contribution < -0.4 is 16.8 Å². The lowest BCUT2D eigenvalue weighted by Crippen LogP contribution is -2.50. The van der Waals surface area contributed by atoms with Crippen molar-refractivity contribution in [3.05, 3.63) is 106 Å². The average Bonchev–Trinajstić information content (AvgIpc) is 2.87. The molecule has 0 saturated heterocycles. The van der Waals surface area contributed by atoms with E-state index in [9.17, 15) is 9.59 Å². The van der Waals surface area contributed by atoms with Gasteiger partial charge in [-0.2, -0.15) is 0 Å². The van der Waals surface area contributed by atoms with E-state index in [1.165, 1.54) is 0 Å². The minimum absolute atomic E-state index is 0.137. The van der Waals surface area contributed by atoms with Crippen molar-refractivity contribution in [2.75, 3.05) is 13.1 Å². The number of guanidine groups is 1. The number of carbonyl (C=O) groups is 2. The van der Waals surface area contributed by atoms with Crippen LogP contribution in [-0.2, 0) is 16.0 Å². The molecule has 188 valence electrons. The Morgan fingerprint density at radius 3 is 1.94 bits per heavy atom. The van der Waals surface area contributed by atoms with Crippen molar-refractivity contribution in [3.8, 4) is 0 Å². The van der Waals surface area contributed by atoms with E-state index in [-0.39, 0.29) is 11.9 Å². The molecule has 2 amide bonds. The number of benzene rings is 3. The summed E-state index contributed by atoms with van der Waals surface area (Å²) in [4.78, 5) is 28.5. The molecule has 0 heterocycles. The van der Waals surface area contributed by atoms with E-state index in [0.717, 1.165) is 21.2 Å². The molecule has 0 bridgehead atoms. The fourth-order valence-corrected chi connectivity index (χ4v) is 4.49. The smallest absolute Gasteiger partial charge is 0.240 e. The highest BCUT2D eigenvalue weighted by molar-refractivity contribution is 9.10. The number of halogens is 1. The van der Waals surface area contributed by atoms with Crippen molar-refractivity contribution in [2.24, 2.45) is 11.5 Å². The molecule has 0 radical (unpaired) electrons. The van der Waals surface area contributed by atoms with Crippen molar-refractivity contribution in [3.63, 3.8) is 0 Å². The number of carbonyl (C=O) groups excluding carboxylic acids is 2. The molecular formula is C28H32BrN5O2. The Bertz CT molecular complexity index is 1100. The normalized spacial score (nSPS) is 11.6. The van der Waals surface area contributed by atoms with E-state index < -0.39 is 17.9 Å². The Kier molecular flexibility index (Phi) is 10.1. The summed E-state index contributed by atoms with van der Waals surface area (Å²) in [5.74, 6) is -1.44. The first-order valence-electron chi connectivity index (χ1n) is 11.9. The molecule has 0 unspecified atom stereocenters. The average molecular weight is 551 g/mol. The first kappa shape index (κ1) is 26.9. The lowest BCUT2D eigenvalue weighted by Gasteiger charge is -2.33. The Morgan fingerprint density at radius 1 is 0.889 bits per heavy atom. The molecule has 3 rings (SSSR count). The van der Waals surface area contributed by atoms with Crippen LogP contribution in [-0.4, -0.2) is 41.8 Å². The number of hydrogen-bond acceptors (Lipinski definition) is 3. The predicted octanol–water partition coefficient (Wildman–Crippen LogP) is 3.77. The molecule has 8 heteroatoms. The van der Waals surface area contributed by atoms with E-state index in [1.807, 2.05) is 84.9 Å². The van der Waals surface area contributed by atoms with E-state index >= 15 is 0 Å². The summed E-state index contributed by atoms with van der Waals surface area (Å²) < 4.78 is 0.973. The van der Waals surface area contributed by atoms with Crippen molar-refractivity contribution in [1.82, 2.24) is 10.2 Å². The van der Waals surface area contributed by atoms with Gasteiger partial charge in [0.15, 0.2) is 5.96 Å². The second-order valence-electron chi connectivity index (χ2n) is 8.56. The molecule has 0 saturated carbocycles. The summed E-state index contributed by atoms with van der Waals surface area (Å²) in [6, 6.07) is 26.3. The van der Waals surface area contributed by atoms with Gasteiger partial charge in [-0.15, -0.1) is 0 Å². The predicted molar refractivity (Wildman–Crippen MR) is 146 cm³/mol. The largest absolute Gasteiger partial charge is 0.370 e. The zero-order valence-electron chi connectivity index (χ0n) is 20.1. The van der Waals surface area contributed by atoms with Gasteiger partial charge >= 0.3 is 0 Å². The minimum Gasteiger partial charge on any atom is -0.370 e. The first-order chi connectivity index (χ1) is 17.4. The Hall–Kier alpha value is -3.65. The highest BCUT2D eigenvalue weighted by Crippen LogP contribution is 2.28. The zero-order valence-corrected chi connectivity index (χ0v) is 21.7. The number of nitrogens with zero attached hydrogens (tertiary/aromatic N) is 1. The third-order valence-corrected chi connectivity index (χ3v) is 6.55. The highest BCUT2D eigenvalue weighted by Gasteiger charge is 2.34. The summed E-state index contributed by atoms with van der Waals surface area (Å²) in [6.45, 7) is 0.749. The van der Waals surface area contributed by atoms with E-state index in [4.69, 9.17) is 16.9 Å². The summed E-state index contributed by atoms with van der Waals surface area (Å²) in [7, 11) is 0. The molecule has 3 aromatic rings. The third kappa shape index (κ3) is 7.68. The van der Waals surface area contributed by atoms with Gasteiger partial charge in [0.05, 0.1) is 5.92 Å². The fourth-order valence-electron chi connectivity index (χ4n) is 4.22. The molecule has 1 atom stereocenters. The molecule has 7 nitrogen and oxygen atoms in total. The van der Waals surface area contributed by atoms with Crippen LogP contribution in [0.5, 0.6) is 0 Å². The molecule has 0 aliphatic heterocycles. The van der Waals surface area contributed by atoms with Crippen LogP contribution in [0.15, 0.2) is 89.4 Å². The number of nitrogens with one attached hydrogen (secondary N) is 2. The van der Waals surface area contributed by atoms with E-state index in [1.54, 1.807) is 4.90 Å². The van der Waals surface area contributed by atoms with Crippen LogP contribution in [0, 0.1) is 5.41 Å². The lowest BCUT2D eigenvalue weighted by atomic mass is 9.89. The standard InChI is InChI=1S/C28H32BrN5O2/c29-23-15-13-20(14-16-23)17-19-34(24(26(30)35)12-7-18-33-28(31)32)27(36)25(21-8-3-1-4-9-21)22-10-5-2-6-11-22/h1-6,8-11,13-16,24-25H,7,12,17-19H2,(H2,30,35)(H4,31,32,33)/t24-/m1/s1. The maximum Gasteiger partial charge on any atom is 0.240 e. The first-order valence-corrected chi connectivity index (χ1v) is 12.7. The summed E-state index contributed by atoms with van der Waals surface area (Å²) >= 11 is 3.45. The maximum atomic E-state index is 14.2. The van der Waals surface area contributed by atoms with Gasteiger partial charge in [0.1, 0.15) is 6.04 Å². The number of nitrogens with two attached hydrogens (primary N) is 2. The minimum atomic E-state index is -0.795. The number of hydrogen-bond donors (Lipinski definition) is 4. The van der Waals surface area contributed by atoms with Crippen LogP contribution in [0.2, 0.25) is 0 Å². The third-order valence-electron chi connectivity index (χ3n) is 6.02. The van der Waals surface area contributed by atoms with Gasteiger partial charge in [0, 0.05) is 17.6 Å². The molecule has 36 heavy (non-hydrogen) atoms. The van der Waals surface area contributed by atoms with Crippen LogP contribution in [0.4, 0.5) is 0 Å². The molecular weight excluding hydrogens is 518 g/mol. The quantitative estimate of drug-likeness (QED) is 0.156. The number of rotatable bonds is 12. The Morgan fingerprint density at radius 2 is 1.44 bits per heavy atom. The molecule has 3 aromatic carbocycles. The van der Waals surface area contributed by atoms with Crippen molar-refractivity contribution >= 4 is 33.7 Å². The summed E-state index contributed by atoms with van der Waals surface area (Å²) in [5.41, 5.74) is 14.0. The van der Waals surface area contributed by atoms with Crippen LogP contribution >= 0.6 is 15.9 Å². The molecule has 0 spiro atoms. The molecule has 6 N–H and O–H groups in total. The van der Waals surface area contributed by atoms with E-state index in [0.29, 0.717) is 32.4 Å². The van der Waals surface area contributed by atoms with Crippen LogP contribution in [0.3, 0.4) is 0 Å². The highest BCUT2D eigenvalue weighted by atomic mass is 79.9. The maximum absolute atomic E-state index is 14.2. The Labute approximate surface area is 220 Å². The number of primary amides is 1. The molecule has 0 aromatic heterocycles.